The van der Waals surface area contributed by atoms with Gasteiger partial charge in [0.25, 0.3) is 0 Å². The minimum Gasteiger partial charge on any atom is -0.493 e. The second-order valence-electron chi connectivity index (χ2n) is 8.01. The fraction of sp³-hybridized carbons (Fsp3) is 0.619. The number of likely N-dealkylation sites (tertiary alicyclic amines) is 1. The van der Waals surface area contributed by atoms with Gasteiger partial charge in [0.2, 0.25) is 0 Å². The van der Waals surface area contributed by atoms with Crippen LogP contribution in [0.2, 0.25) is 0 Å². The van der Waals surface area contributed by atoms with Gasteiger partial charge in [-0.15, -0.1) is 10.2 Å². The quantitative estimate of drug-likeness (QED) is 0.825. The molecule has 0 spiro atoms. The first-order valence-electron chi connectivity index (χ1n) is 10.3. The largest absolute Gasteiger partial charge is 0.493 e. The van der Waals surface area contributed by atoms with Crippen LogP contribution in [0.1, 0.15) is 49.8 Å². The topological polar surface area (TPSA) is 64.4 Å². The number of rotatable bonds is 6. The smallest absolute Gasteiger partial charge is 0.161 e. The van der Waals surface area contributed by atoms with E-state index in [0.717, 1.165) is 69.4 Å². The van der Waals surface area contributed by atoms with E-state index in [4.69, 9.17) is 9.47 Å². The van der Waals surface area contributed by atoms with Gasteiger partial charge < -0.3 is 19.4 Å². The van der Waals surface area contributed by atoms with E-state index in [1.165, 1.54) is 11.4 Å². The monoisotopic (exact) mass is 385 g/mol. The molecule has 1 saturated heterocycles. The summed E-state index contributed by atoms with van der Waals surface area (Å²) >= 11 is 0. The van der Waals surface area contributed by atoms with Gasteiger partial charge in [0.05, 0.1) is 19.8 Å². The van der Waals surface area contributed by atoms with Gasteiger partial charge in [-0.3, -0.25) is 4.90 Å². The van der Waals surface area contributed by atoms with Crippen LogP contribution in [-0.4, -0.2) is 52.5 Å². The number of benzene rings is 1. The molecule has 4 rings (SSSR count). The summed E-state index contributed by atoms with van der Waals surface area (Å²) < 4.78 is 13.7. The second-order valence-corrected chi connectivity index (χ2v) is 8.01. The van der Waals surface area contributed by atoms with Crippen LogP contribution in [0.4, 0.5) is 0 Å². The van der Waals surface area contributed by atoms with Gasteiger partial charge >= 0.3 is 0 Å². The van der Waals surface area contributed by atoms with Crippen molar-refractivity contribution in [3.8, 4) is 11.5 Å². The first-order valence-corrected chi connectivity index (χ1v) is 10.3. The predicted octanol–water partition coefficient (Wildman–Crippen LogP) is 2.56. The van der Waals surface area contributed by atoms with Gasteiger partial charge in [0.1, 0.15) is 11.6 Å². The van der Waals surface area contributed by atoms with Crippen LogP contribution < -0.4 is 14.8 Å². The molecule has 1 fully saturated rings. The number of hydrogen-bond acceptors (Lipinski definition) is 6. The number of nitrogens with one attached hydrogen (secondary N) is 1. The molecule has 0 radical (unpaired) electrons. The molecule has 0 amide bonds. The van der Waals surface area contributed by atoms with Crippen molar-refractivity contribution in [3.05, 3.63) is 35.4 Å². The molecule has 7 heteroatoms. The zero-order valence-corrected chi connectivity index (χ0v) is 17.1. The molecular formula is C21H31N5O2. The molecule has 2 aliphatic heterocycles. The van der Waals surface area contributed by atoms with E-state index in [1.807, 2.05) is 19.9 Å². The van der Waals surface area contributed by atoms with E-state index >= 15 is 0 Å². The summed E-state index contributed by atoms with van der Waals surface area (Å²) in [7, 11) is 1.70. The molecule has 0 aliphatic carbocycles. The highest BCUT2D eigenvalue weighted by molar-refractivity contribution is 5.43. The van der Waals surface area contributed by atoms with Crippen molar-refractivity contribution >= 4 is 0 Å². The van der Waals surface area contributed by atoms with Crippen LogP contribution in [-0.2, 0) is 19.6 Å². The lowest BCUT2D eigenvalue weighted by Crippen LogP contribution is -2.34. The van der Waals surface area contributed by atoms with Crippen LogP contribution >= 0.6 is 0 Å². The van der Waals surface area contributed by atoms with Crippen LogP contribution in [0.3, 0.4) is 0 Å². The van der Waals surface area contributed by atoms with Gasteiger partial charge in [0.15, 0.2) is 11.5 Å². The van der Waals surface area contributed by atoms with Crippen LogP contribution in [0, 0.1) is 0 Å². The third-order valence-corrected chi connectivity index (χ3v) is 5.60. The molecule has 1 aromatic heterocycles. The maximum atomic E-state index is 5.82. The van der Waals surface area contributed by atoms with Gasteiger partial charge in [0, 0.05) is 25.6 Å². The third kappa shape index (κ3) is 4.15. The summed E-state index contributed by atoms with van der Waals surface area (Å²) in [5.74, 6) is 4.41. The average Bonchev–Trinajstić information content (AvgIpc) is 3.13. The maximum absolute atomic E-state index is 5.82. The Labute approximate surface area is 167 Å². The molecule has 1 aromatic carbocycles. The van der Waals surface area contributed by atoms with Gasteiger partial charge in [-0.05, 0) is 57.5 Å². The first-order chi connectivity index (χ1) is 13.6. The standard InChI is InChI=1S/C21H31N5O2/c1-15(2)28-18-5-4-16(12-19(18)27-3)14-25-9-6-17(7-10-25)21-24-23-20-13-22-8-11-26(20)21/h4-5,12,15,17,22H,6-11,13-14H2,1-3H3. The third-order valence-electron chi connectivity index (χ3n) is 5.60. The number of nitrogens with zero attached hydrogens (tertiary/aromatic N) is 4. The molecule has 2 aliphatic rings. The van der Waals surface area contributed by atoms with E-state index in [9.17, 15) is 0 Å². The van der Waals surface area contributed by atoms with Crippen molar-refractivity contribution in [3.63, 3.8) is 0 Å². The van der Waals surface area contributed by atoms with Crippen molar-refractivity contribution in [2.75, 3.05) is 26.7 Å². The number of hydrogen-bond donors (Lipinski definition) is 1. The molecule has 0 saturated carbocycles. The Kier molecular flexibility index (Phi) is 5.82. The first kappa shape index (κ1) is 19.2. The highest BCUT2D eigenvalue weighted by Crippen LogP contribution is 2.31. The molecule has 1 N–H and O–H groups in total. The number of piperidine rings is 1. The molecular weight excluding hydrogens is 354 g/mol. The Morgan fingerprint density at radius 3 is 2.71 bits per heavy atom. The van der Waals surface area contributed by atoms with Crippen molar-refractivity contribution in [1.82, 2.24) is 25.0 Å². The minimum atomic E-state index is 0.137. The summed E-state index contributed by atoms with van der Waals surface area (Å²) in [5.41, 5.74) is 1.26. The molecule has 0 atom stereocenters. The minimum absolute atomic E-state index is 0.137. The maximum Gasteiger partial charge on any atom is 0.161 e. The number of fused-ring (bicyclic) bond motifs is 1. The number of aromatic nitrogens is 3. The molecule has 28 heavy (non-hydrogen) atoms. The molecule has 3 heterocycles. The number of ether oxygens (including phenoxy) is 2. The second kappa shape index (κ2) is 8.49. The lowest BCUT2D eigenvalue weighted by molar-refractivity contribution is 0.198. The van der Waals surface area contributed by atoms with E-state index in [-0.39, 0.29) is 6.10 Å². The highest BCUT2D eigenvalue weighted by atomic mass is 16.5. The Balaban J connectivity index is 1.36. The lowest BCUT2D eigenvalue weighted by Gasteiger charge is -2.32. The summed E-state index contributed by atoms with van der Waals surface area (Å²) in [6, 6.07) is 6.28. The van der Waals surface area contributed by atoms with Crippen molar-refractivity contribution < 1.29 is 9.47 Å². The predicted molar refractivity (Wildman–Crippen MR) is 108 cm³/mol. The Morgan fingerprint density at radius 2 is 1.96 bits per heavy atom. The lowest BCUT2D eigenvalue weighted by atomic mass is 9.95. The summed E-state index contributed by atoms with van der Waals surface area (Å²) in [6.45, 7) is 9.99. The van der Waals surface area contributed by atoms with Crippen molar-refractivity contribution in [2.45, 2.75) is 58.3 Å². The molecule has 0 bridgehead atoms. The van der Waals surface area contributed by atoms with Crippen LogP contribution in [0.5, 0.6) is 11.5 Å². The summed E-state index contributed by atoms with van der Waals surface area (Å²) in [6.07, 6.45) is 2.41. The van der Waals surface area contributed by atoms with E-state index < -0.39 is 0 Å². The molecule has 0 unspecified atom stereocenters. The Bertz CT molecular complexity index is 796. The van der Waals surface area contributed by atoms with Gasteiger partial charge in [-0.25, -0.2) is 0 Å². The zero-order chi connectivity index (χ0) is 19.5. The van der Waals surface area contributed by atoms with Gasteiger partial charge in [-0.2, -0.15) is 0 Å². The van der Waals surface area contributed by atoms with E-state index in [2.05, 4.69) is 37.1 Å². The fourth-order valence-electron chi connectivity index (χ4n) is 4.19. The zero-order valence-electron chi connectivity index (χ0n) is 17.1. The summed E-state index contributed by atoms with van der Waals surface area (Å²) in [5, 5.41) is 12.3. The highest BCUT2D eigenvalue weighted by Gasteiger charge is 2.27. The van der Waals surface area contributed by atoms with Crippen molar-refractivity contribution in [2.24, 2.45) is 0 Å². The Hall–Kier alpha value is -2.12. The molecule has 2 aromatic rings. The van der Waals surface area contributed by atoms with Crippen molar-refractivity contribution in [1.29, 1.82) is 0 Å². The van der Waals surface area contributed by atoms with Crippen LogP contribution in [0.15, 0.2) is 18.2 Å². The average molecular weight is 386 g/mol. The fourth-order valence-corrected chi connectivity index (χ4v) is 4.19. The SMILES string of the molecule is COc1cc(CN2CCC(c3nnc4n3CCNC4)CC2)ccc1OC(C)C. The van der Waals surface area contributed by atoms with E-state index in [0.29, 0.717) is 5.92 Å². The van der Waals surface area contributed by atoms with Gasteiger partial charge in [-0.1, -0.05) is 6.07 Å². The normalized spacial score (nSPS) is 18.3. The van der Waals surface area contributed by atoms with Crippen LogP contribution in [0.25, 0.3) is 0 Å². The summed E-state index contributed by atoms with van der Waals surface area (Å²) in [4.78, 5) is 2.52. The van der Waals surface area contributed by atoms with E-state index in [1.54, 1.807) is 7.11 Å². The molecule has 152 valence electrons. The number of methoxy groups -OCH3 is 1. The Morgan fingerprint density at radius 1 is 1.14 bits per heavy atom. The molecule has 7 nitrogen and oxygen atoms in total.